The van der Waals surface area contributed by atoms with Crippen molar-refractivity contribution in [3.63, 3.8) is 0 Å². The van der Waals surface area contributed by atoms with Crippen LogP contribution in [0.1, 0.15) is 39.5 Å². The maximum atomic E-state index is 13.0. The summed E-state index contributed by atoms with van der Waals surface area (Å²) in [4.78, 5) is 26.5. The van der Waals surface area contributed by atoms with Crippen LogP contribution in [0, 0.1) is 11.7 Å². The van der Waals surface area contributed by atoms with Crippen molar-refractivity contribution in [2.45, 2.75) is 58.3 Å². The predicted molar refractivity (Wildman–Crippen MR) is 102 cm³/mol. The van der Waals surface area contributed by atoms with Crippen LogP contribution in [0.5, 0.6) is 0 Å². The number of hydrogen-bond acceptors (Lipinski definition) is 4. The molecular formula is C19H28BFN2O3. The Morgan fingerprint density at radius 2 is 1.96 bits per heavy atom. The molecule has 0 saturated carbocycles. The highest BCUT2D eigenvalue weighted by atomic mass is 19.1. The molecule has 1 amide bonds. The number of rotatable bonds is 9. The first kappa shape index (κ1) is 20.4. The molecule has 1 aromatic rings. The van der Waals surface area contributed by atoms with Gasteiger partial charge in [-0.25, -0.2) is 4.39 Å². The normalized spacial score (nSPS) is 17.6. The highest BCUT2D eigenvalue weighted by molar-refractivity contribution is 6.50. The molecule has 2 rings (SSSR count). The van der Waals surface area contributed by atoms with E-state index in [0.29, 0.717) is 12.3 Å². The molecule has 7 heteroatoms. The molecule has 1 aromatic carbocycles. The van der Waals surface area contributed by atoms with Crippen LogP contribution in [-0.2, 0) is 9.59 Å². The molecule has 1 aliphatic heterocycles. The van der Waals surface area contributed by atoms with Crippen molar-refractivity contribution >= 4 is 24.3 Å². The first-order valence-electron chi connectivity index (χ1n) is 9.30. The lowest BCUT2D eigenvalue weighted by molar-refractivity contribution is -0.126. The van der Waals surface area contributed by atoms with E-state index in [1.807, 2.05) is 18.7 Å². The zero-order chi connectivity index (χ0) is 19.3. The average Bonchev–Trinajstić information content (AvgIpc) is 2.53. The fraction of sp³-hybridized carbons (Fsp3) is 0.579. The van der Waals surface area contributed by atoms with Crippen LogP contribution in [-0.4, -0.2) is 42.2 Å². The number of carbonyl (C=O) groups excluding carboxylic acids is 2. The van der Waals surface area contributed by atoms with Gasteiger partial charge in [-0.05, 0) is 43.0 Å². The van der Waals surface area contributed by atoms with Gasteiger partial charge in [-0.2, -0.15) is 0 Å². The number of ketones is 1. The monoisotopic (exact) mass is 362 g/mol. The number of benzene rings is 1. The smallest absolute Gasteiger partial charge is 0.308 e. The van der Waals surface area contributed by atoms with Gasteiger partial charge >= 0.3 is 6.92 Å². The van der Waals surface area contributed by atoms with Gasteiger partial charge in [0.15, 0.2) is 5.78 Å². The summed E-state index contributed by atoms with van der Waals surface area (Å²) in [6, 6.07) is 5.86. The second-order valence-corrected chi connectivity index (χ2v) is 7.48. The summed E-state index contributed by atoms with van der Waals surface area (Å²) >= 11 is 0. The minimum Gasteiger partial charge on any atom is -0.449 e. The highest BCUT2D eigenvalue weighted by Crippen LogP contribution is 2.28. The summed E-state index contributed by atoms with van der Waals surface area (Å²) < 4.78 is 13.0. The van der Waals surface area contributed by atoms with Gasteiger partial charge in [-0.15, -0.1) is 0 Å². The SMILES string of the molecule is CB(O)[C@H](CC(C)C)NC(=O)CCC(=O)[C@@H]1CCN1c1ccc(F)cc1. The molecule has 142 valence electrons. The molecule has 0 unspecified atom stereocenters. The number of halogens is 1. The molecule has 1 heterocycles. The summed E-state index contributed by atoms with van der Waals surface area (Å²) in [5, 5.41) is 12.6. The molecule has 0 spiro atoms. The number of hydrogen-bond donors (Lipinski definition) is 2. The highest BCUT2D eigenvalue weighted by Gasteiger charge is 2.34. The maximum Gasteiger partial charge on any atom is 0.308 e. The standard InChI is InChI=1S/C19H28BFN2O3/c1-13(2)12-18(20(3)26)22-19(25)9-8-17(24)16-10-11-23(16)15-6-4-14(21)5-7-15/h4-7,13,16,18,26H,8-12H2,1-3H3,(H,22,25)/t16-,18-/m0/s1. The van der Waals surface area contributed by atoms with Crippen LogP contribution >= 0.6 is 0 Å². The fourth-order valence-corrected chi connectivity index (χ4v) is 3.23. The minimum absolute atomic E-state index is 0.0215. The molecule has 0 bridgehead atoms. The molecule has 0 radical (unpaired) electrons. The minimum atomic E-state index is -0.627. The van der Waals surface area contributed by atoms with Crippen LogP contribution in [0.15, 0.2) is 24.3 Å². The summed E-state index contributed by atoms with van der Waals surface area (Å²) in [6.45, 7) is 5.86. The zero-order valence-electron chi connectivity index (χ0n) is 15.7. The predicted octanol–water partition coefficient (Wildman–Crippen LogP) is 2.44. The van der Waals surface area contributed by atoms with E-state index in [-0.39, 0.29) is 42.3 Å². The van der Waals surface area contributed by atoms with E-state index in [1.54, 1.807) is 19.0 Å². The van der Waals surface area contributed by atoms with E-state index >= 15 is 0 Å². The molecule has 2 N–H and O–H groups in total. The van der Waals surface area contributed by atoms with E-state index in [0.717, 1.165) is 18.7 Å². The molecule has 26 heavy (non-hydrogen) atoms. The van der Waals surface area contributed by atoms with Crippen molar-refractivity contribution in [3.8, 4) is 0 Å². The molecule has 2 atom stereocenters. The largest absolute Gasteiger partial charge is 0.449 e. The lowest BCUT2D eigenvalue weighted by Crippen LogP contribution is -2.53. The zero-order valence-corrected chi connectivity index (χ0v) is 15.7. The summed E-state index contributed by atoms with van der Waals surface area (Å²) in [6.07, 6.45) is 1.73. The Bertz CT molecular complexity index is 622. The van der Waals surface area contributed by atoms with Gasteiger partial charge in [0.2, 0.25) is 5.91 Å². The van der Waals surface area contributed by atoms with Crippen molar-refractivity contribution in [1.29, 1.82) is 0 Å². The van der Waals surface area contributed by atoms with Gasteiger partial charge in [0.25, 0.3) is 0 Å². The van der Waals surface area contributed by atoms with Crippen molar-refractivity contribution in [1.82, 2.24) is 5.32 Å². The van der Waals surface area contributed by atoms with Crippen molar-refractivity contribution in [3.05, 3.63) is 30.1 Å². The van der Waals surface area contributed by atoms with Gasteiger partial charge < -0.3 is 15.2 Å². The average molecular weight is 362 g/mol. The van der Waals surface area contributed by atoms with Crippen molar-refractivity contribution in [2.24, 2.45) is 5.92 Å². The molecule has 0 aliphatic carbocycles. The van der Waals surface area contributed by atoms with Gasteiger partial charge in [-0.3, -0.25) is 9.59 Å². The number of carbonyl (C=O) groups is 2. The molecule has 1 aliphatic rings. The summed E-state index contributed by atoms with van der Waals surface area (Å²) in [5.74, 6) is -0.429. The number of amides is 1. The summed E-state index contributed by atoms with van der Waals surface area (Å²) in [5.41, 5.74) is 0.826. The van der Waals surface area contributed by atoms with E-state index in [9.17, 15) is 19.0 Å². The third-order valence-corrected chi connectivity index (χ3v) is 4.80. The number of nitrogens with one attached hydrogen (secondary N) is 1. The molecule has 1 saturated heterocycles. The Kier molecular flexibility index (Phi) is 7.20. The Hall–Kier alpha value is -1.89. The van der Waals surface area contributed by atoms with Gasteiger partial charge in [-0.1, -0.05) is 20.7 Å². The first-order chi connectivity index (χ1) is 12.3. The van der Waals surface area contributed by atoms with Crippen molar-refractivity contribution < 1.29 is 19.0 Å². The van der Waals surface area contributed by atoms with E-state index in [2.05, 4.69) is 5.32 Å². The maximum absolute atomic E-state index is 13.0. The third kappa shape index (κ3) is 5.56. The first-order valence-corrected chi connectivity index (χ1v) is 9.30. The quantitative estimate of drug-likeness (QED) is 0.662. The van der Waals surface area contributed by atoms with Crippen LogP contribution in [0.2, 0.25) is 6.82 Å². The fourth-order valence-electron chi connectivity index (χ4n) is 3.23. The van der Waals surface area contributed by atoms with Gasteiger partial charge in [0.05, 0.1) is 6.04 Å². The Morgan fingerprint density at radius 1 is 1.31 bits per heavy atom. The molecule has 1 fully saturated rings. The molecule has 5 nitrogen and oxygen atoms in total. The lowest BCUT2D eigenvalue weighted by atomic mass is 9.61. The van der Waals surface area contributed by atoms with Crippen molar-refractivity contribution in [2.75, 3.05) is 11.4 Å². The van der Waals surface area contributed by atoms with Crippen LogP contribution in [0.4, 0.5) is 10.1 Å². The van der Waals surface area contributed by atoms with E-state index in [4.69, 9.17) is 0 Å². The Balaban J connectivity index is 1.82. The summed E-state index contributed by atoms with van der Waals surface area (Å²) in [7, 11) is 0. The lowest BCUT2D eigenvalue weighted by Gasteiger charge is -2.41. The molecule has 0 aromatic heterocycles. The Labute approximate surface area is 155 Å². The topological polar surface area (TPSA) is 69.6 Å². The van der Waals surface area contributed by atoms with Gasteiger partial charge in [0, 0.05) is 31.0 Å². The van der Waals surface area contributed by atoms with E-state index in [1.165, 1.54) is 12.1 Å². The van der Waals surface area contributed by atoms with Gasteiger partial charge in [0.1, 0.15) is 5.82 Å². The van der Waals surface area contributed by atoms with E-state index < -0.39 is 6.92 Å². The second kappa shape index (κ2) is 9.17. The van der Waals surface area contributed by atoms with Crippen LogP contribution in [0.3, 0.4) is 0 Å². The van der Waals surface area contributed by atoms with Crippen LogP contribution < -0.4 is 10.2 Å². The second-order valence-electron chi connectivity index (χ2n) is 7.48. The number of anilines is 1. The number of Topliss-reactive ketones (excluding diaryl/α,β-unsaturated/α-hetero) is 1. The molecular weight excluding hydrogens is 334 g/mol. The Morgan fingerprint density at radius 3 is 2.46 bits per heavy atom. The van der Waals surface area contributed by atoms with Crippen LogP contribution in [0.25, 0.3) is 0 Å². The number of nitrogens with zero attached hydrogens (tertiary/aromatic N) is 1. The third-order valence-electron chi connectivity index (χ3n) is 4.80.